The molecule has 4 N–H and O–H groups in total. The van der Waals surface area contributed by atoms with E-state index in [0.717, 1.165) is 41.2 Å². The van der Waals surface area contributed by atoms with Gasteiger partial charge in [-0.3, -0.25) is 4.79 Å². The number of methoxy groups -OCH3 is 1. The molecule has 1 aliphatic carbocycles. The van der Waals surface area contributed by atoms with Crippen LogP contribution in [0.5, 0.6) is 0 Å². The van der Waals surface area contributed by atoms with Gasteiger partial charge >= 0.3 is 5.69 Å². The van der Waals surface area contributed by atoms with E-state index in [0.29, 0.717) is 40.4 Å². The Labute approximate surface area is 198 Å². The molecule has 10 nitrogen and oxygen atoms in total. The molecule has 0 radical (unpaired) electrons. The molecule has 0 aliphatic heterocycles. The van der Waals surface area contributed by atoms with Crippen LogP contribution >= 0.6 is 11.3 Å². The summed E-state index contributed by atoms with van der Waals surface area (Å²) in [5, 5.41) is 12.0. The van der Waals surface area contributed by atoms with Gasteiger partial charge < -0.3 is 25.3 Å². The van der Waals surface area contributed by atoms with Crippen LogP contribution in [0.3, 0.4) is 0 Å². The van der Waals surface area contributed by atoms with Crippen molar-refractivity contribution in [3.63, 3.8) is 0 Å². The van der Waals surface area contributed by atoms with Crippen LogP contribution in [-0.2, 0) is 4.74 Å². The first-order chi connectivity index (χ1) is 16.5. The number of carbonyl (C=O) groups is 1. The van der Waals surface area contributed by atoms with E-state index in [-0.39, 0.29) is 11.6 Å². The quantitative estimate of drug-likeness (QED) is 0.266. The molecule has 176 valence electrons. The van der Waals surface area contributed by atoms with Crippen molar-refractivity contribution >= 4 is 41.4 Å². The molecule has 1 aliphatic rings. The Morgan fingerprint density at radius 3 is 2.97 bits per heavy atom. The monoisotopic (exact) mass is 479 g/mol. The highest BCUT2D eigenvalue weighted by atomic mass is 32.1. The zero-order valence-corrected chi connectivity index (χ0v) is 19.5. The van der Waals surface area contributed by atoms with E-state index in [4.69, 9.17) is 9.72 Å². The van der Waals surface area contributed by atoms with Crippen molar-refractivity contribution in [2.75, 3.05) is 25.6 Å². The summed E-state index contributed by atoms with van der Waals surface area (Å²) >= 11 is 1.39. The number of thiophene rings is 1. The van der Waals surface area contributed by atoms with Crippen LogP contribution in [0.4, 0.5) is 5.82 Å². The second kappa shape index (κ2) is 9.27. The second-order valence-corrected chi connectivity index (χ2v) is 9.25. The molecule has 4 heterocycles. The van der Waals surface area contributed by atoms with E-state index < -0.39 is 0 Å². The van der Waals surface area contributed by atoms with Gasteiger partial charge in [-0.05, 0) is 37.5 Å². The molecular formula is C23H25N7O3S. The number of nitrogens with zero attached hydrogens (tertiary/aromatic N) is 3. The normalized spacial score (nSPS) is 14.1. The Morgan fingerprint density at radius 1 is 1.38 bits per heavy atom. The third-order valence-corrected chi connectivity index (χ3v) is 6.57. The van der Waals surface area contributed by atoms with Crippen LogP contribution < -0.4 is 27.0 Å². The Bertz CT molecular complexity index is 1510. The van der Waals surface area contributed by atoms with E-state index in [1.807, 2.05) is 18.2 Å². The summed E-state index contributed by atoms with van der Waals surface area (Å²) < 4.78 is 6.78. The lowest BCUT2D eigenvalue weighted by molar-refractivity contribution is 0.0952. The number of hydrogen-bond donors (Lipinski definition) is 4. The first kappa shape index (κ1) is 22.1. The number of anilines is 1. The molecule has 0 saturated heterocycles. The molecule has 1 saturated carbocycles. The number of aromatic amines is 2. The lowest BCUT2D eigenvalue weighted by Crippen LogP contribution is -2.24. The smallest absolute Gasteiger partial charge is 0.323 e. The van der Waals surface area contributed by atoms with Crippen molar-refractivity contribution < 1.29 is 9.53 Å². The summed E-state index contributed by atoms with van der Waals surface area (Å²) in [5.74, 6) is 0.723. The van der Waals surface area contributed by atoms with Gasteiger partial charge in [0.1, 0.15) is 5.82 Å². The number of amides is 1. The summed E-state index contributed by atoms with van der Waals surface area (Å²) in [5.41, 5.74) is 1.81. The third-order valence-electron chi connectivity index (χ3n) is 5.46. The summed E-state index contributed by atoms with van der Waals surface area (Å²) in [6.07, 6.45) is 6.50. The fraction of sp³-hybridized carbons (Fsp3) is 0.304. The van der Waals surface area contributed by atoms with Gasteiger partial charge in [-0.15, -0.1) is 11.3 Å². The molecule has 4 aromatic rings. The molecule has 0 unspecified atom stereocenters. The molecular weight excluding hydrogens is 454 g/mol. The fourth-order valence-electron chi connectivity index (χ4n) is 3.56. The van der Waals surface area contributed by atoms with Crippen LogP contribution in [-0.4, -0.2) is 56.8 Å². The van der Waals surface area contributed by atoms with Crippen molar-refractivity contribution in [1.29, 1.82) is 0 Å². The minimum atomic E-state index is -0.316. The number of nitrogens with one attached hydrogen (secondary N) is 4. The molecule has 11 heteroatoms. The maximum absolute atomic E-state index is 12.5. The number of hydrogen-bond acceptors (Lipinski definition) is 7. The van der Waals surface area contributed by atoms with Gasteiger partial charge in [-0.1, -0.05) is 6.58 Å². The first-order valence-corrected chi connectivity index (χ1v) is 11.8. The summed E-state index contributed by atoms with van der Waals surface area (Å²) in [6, 6.07) is 6.10. The minimum absolute atomic E-state index is 0.109. The molecule has 0 bridgehead atoms. The summed E-state index contributed by atoms with van der Waals surface area (Å²) in [7, 11) is 1.64. The second-order valence-electron chi connectivity index (χ2n) is 8.16. The number of rotatable bonds is 9. The number of fused-ring (bicyclic) bond motifs is 1. The lowest BCUT2D eigenvalue weighted by atomic mass is 10.2. The predicted octanol–water partition coefficient (Wildman–Crippen LogP) is 1.05. The SMILES string of the molecule is C=c1[nH]c(=O)[nH]/c1=C\c1cnn2c(NC3CC3)cc(-c3ccc(C(=O)NCCCOC)s3)nc12. The largest absolute Gasteiger partial charge is 0.385 e. The van der Waals surface area contributed by atoms with E-state index in [1.54, 1.807) is 23.9 Å². The lowest BCUT2D eigenvalue weighted by Gasteiger charge is -2.09. The highest BCUT2D eigenvalue weighted by Crippen LogP contribution is 2.32. The van der Waals surface area contributed by atoms with E-state index in [1.165, 1.54) is 11.3 Å². The maximum Gasteiger partial charge on any atom is 0.323 e. The van der Waals surface area contributed by atoms with Gasteiger partial charge in [0.25, 0.3) is 5.91 Å². The van der Waals surface area contributed by atoms with Gasteiger partial charge in [0.15, 0.2) is 5.65 Å². The topological polar surface area (TPSA) is 129 Å². The van der Waals surface area contributed by atoms with E-state index >= 15 is 0 Å². The number of ether oxygens (including phenoxy) is 1. The Kier molecular flexibility index (Phi) is 6.03. The zero-order valence-electron chi connectivity index (χ0n) is 18.7. The van der Waals surface area contributed by atoms with Crippen molar-refractivity contribution in [1.82, 2.24) is 29.9 Å². The molecule has 0 spiro atoms. The van der Waals surface area contributed by atoms with Gasteiger partial charge in [-0.2, -0.15) is 9.61 Å². The standard InChI is InChI=1S/C23H25N7O3S/c1-13-16(29-23(32)26-13)10-14-12-25-30-20(27-15-4-5-15)11-17(28-21(14)30)18-6-7-19(34-18)22(31)24-8-3-9-33-2/h6-7,10-12,15,27H,1,3-5,8-9H2,2H3,(H,24,31)(H2,26,29,32)/b16-10-. The molecule has 1 amide bonds. The number of carbonyl (C=O) groups excluding carboxylic acids is 1. The molecule has 4 aromatic heterocycles. The summed E-state index contributed by atoms with van der Waals surface area (Å²) in [6.45, 7) is 5.03. The van der Waals surface area contributed by atoms with Crippen molar-refractivity contribution in [2.24, 2.45) is 0 Å². The van der Waals surface area contributed by atoms with E-state index in [2.05, 4.69) is 32.3 Å². The van der Waals surface area contributed by atoms with Crippen molar-refractivity contribution in [2.45, 2.75) is 25.3 Å². The van der Waals surface area contributed by atoms with Gasteiger partial charge in [0.2, 0.25) is 0 Å². The Hall–Kier alpha value is -3.70. The number of imidazole rings is 1. The molecule has 5 rings (SSSR count). The number of aromatic nitrogens is 5. The fourth-order valence-corrected chi connectivity index (χ4v) is 4.45. The van der Waals surface area contributed by atoms with E-state index in [9.17, 15) is 9.59 Å². The van der Waals surface area contributed by atoms with Crippen molar-refractivity contribution in [3.05, 3.63) is 56.0 Å². The Balaban J connectivity index is 1.51. The van der Waals surface area contributed by atoms with Gasteiger partial charge in [-0.25, -0.2) is 9.78 Å². The summed E-state index contributed by atoms with van der Waals surface area (Å²) in [4.78, 5) is 35.8. The molecule has 34 heavy (non-hydrogen) atoms. The van der Waals surface area contributed by atoms with Crippen LogP contribution in [0.25, 0.3) is 28.9 Å². The van der Waals surface area contributed by atoms with Crippen LogP contribution in [0.15, 0.2) is 29.2 Å². The maximum atomic E-state index is 12.5. The highest BCUT2D eigenvalue weighted by Gasteiger charge is 2.23. The van der Waals surface area contributed by atoms with Crippen molar-refractivity contribution in [3.8, 4) is 10.6 Å². The predicted molar refractivity (Wildman–Crippen MR) is 132 cm³/mol. The molecule has 0 aromatic carbocycles. The van der Waals surface area contributed by atoms with Crippen LogP contribution in [0.2, 0.25) is 0 Å². The Morgan fingerprint density at radius 2 is 2.24 bits per heavy atom. The van der Waals surface area contributed by atoms with Gasteiger partial charge in [0, 0.05) is 37.9 Å². The highest BCUT2D eigenvalue weighted by molar-refractivity contribution is 7.17. The third kappa shape index (κ3) is 4.66. The molecule has 0 atom stereocenters. The first-order valence-electron chi connectivity index (χ1n) is 11.0. The number of H-pyrrole nitrogens is 2. The molecule has 1 fully saturated rings. The van der Waals surface area contributed by atoms with Gasteiger partial charge in [0.05, 0.1) is 32.3 Å². The minimum Gasteiger partial charge on any atom is -0.385 e. The average Bonchev–Trinajstić information content (AvgIpc) is 3.19. The average molecular weight is 480 g/mol. The van der Waals surface area contributed by atoms with Crippen LogP contribution in [0.1, 0.15) is 34.5 Å². The zero-order chi connectivity index (χ0) is 23.7. The van der Waals surface area contributed by atoms with Crippen LogP contribution in [0, 0.1) is 0 Å².